The Hall–Kier alpha value is -1.17. The van der Waals surface area contributed by atoms with Crippen LogP contribution in [0.25, 0.3) is 0 Å². The lowest BCUT2D eigenvalue weighted by Crippen LogP contribution is -2.17. The highest BCUT2D eigenvalue weighted by atomic mass is 32.2. The molecule has 20 heavy (non-hydrogen) atoms. The minimum Gasteiger partial charge on any atom is -0.332 e. The summed E-state index contributed by atoms with van der Waals surface area (Å²) in [5, 5.41) is 3.67. The third-order valence-electron chi connectivity index (χ3n) is 3.50. The molecule has 110 valence electrons. The minimum atomic E-state index is -1.19. The first-order valence-electron chi connectivity index (χ1n) is 6.67. The van der Waals surface area contributed by atoms with Crippen LogP contribution in [0.5, 0.6) is 0 Å². The van der Waals surface area contributed by atoms with Crippen LogP contribution in [0.3, 0.4) is 0 Å². The number of nitrogens with zero attached hydrogens (tertiary/aromatic N) is 1. The molecule has 6 heteroatoms. The number of halogens is 3. The standard InChI is InChI=1S/C14H17F3N2S/c1-3-8(4-2)13-7-18-14(20-13)19-12-6-10(16)9(15)5-11(12)17/h5-6,8,13H,3-4,7H2,1-2H3,(H,18,19). The number of nitrogens with one attached hydrogen (secondary N) is 1. The zero-order valence-electron chi connectivity index (χ0n) is 11.4. The Morgan fingerprint density at radius 2 is 1.85 bits per heavy atom. The summed E-state index contributed by atoms with van der Waals surface area (Å²) in [4.78, 5) is 4.31. The lowest BCUT2D eigenvalue weighted by Gasteiger charge is -2.18. The van der Waals surface area contributed by atoms with Gasteiger partial charge in [-0.05, 0) is 5.92 Å². The molecule has 0 radical (unpaired) electrons. The van der Waals surface area contributed by atoms with Crippen molar-refractivity contribution in [3.05, 3.63) is 29.6 Å². The van der Waals surface area contributed by atoms with E-state index in [2.05, 4.69) is 24.2 Å². The molecule has 1 aliphatic heterocycles. The molecule has 2 rings (SSSR count). The van der Waals surface area contributed by atoms with Crippen LogP contribution in [-0.4, -0.2) is 17.0 Å². The second-order valence-corrected chi connectivity index (χ2v) is 5.98. The minimum absolute atomic E-state index is 0.0830. The monoisotopic (exact) mass is 302 g/mol. The Kier molecular flexibility index (Phi) is 4.96. The average Bonchev–Trinajstić information content (AvgIpc) is 2.86. The van der Waals surface area contributed by atoms with Gasteiger partial charge in [0.05, 0.1) is 12.2 Å². The van der Waals surface area contributed by atoms with Crippen LogP contribution >= 0.6 is 11.8 Å². The molecule has 0 spiro atoms. The molecule has 1 atom stereocenters. The largest absolute Gasteiger partial charge is 0.332 e. The van der Waals surface area contributed by atoms with E-state index in [4.69, 9.17) is 0 Å². The molecular formula is C14H17F3N2S. The van der Waals surface area contributed by atoms with Gasteiger partial charge in [-0.2, -0.15) is 0 Å². The van der Waals surface area contributed by atoms with Gasteiger partial charge in [0.1, 0.15) is 5.82 Å². The van der Waals surface area contributed by atoms with Crippen LogP contribution < -0.4 is 5.32 Å². The van der Waals surface area contributed by atoms with Crippen molar-refractivity contribution in [2.45, 2.75) is 31.9 Å². The lowest BCUT2D eigenvalue weighted by atomic mass is 9.99. The van der Waals surface area contributed by atoms with Crippen molar-refractivity contribution >= 4 is 22.6 Å². The van der Waals surface area contributed by atoms with E-state index in [9.17, 15) is 13.2 Å². The third kappa shape index (κ3) is 3.29. The number of anilines is 1. The first-order valence-corrected chi connectivity index (χ1v) is 7.55. The van der Waals surface area contributed by atoms with Crippen LogP contribution in [-0.2, 0) is 0 Å². The van der Waals surface area contributed by atoms with Gasteiger partial charge in [-0.3, -0.25) is 4.99 Å². The predicted octanol–water partition coefficient (Wildman–Crippen LogP) is 4.42. The van der Waals surface area contributed by atoms with E-state index in [-0.39, 0.29) is 5.69 Å². The van der Waals surface area contributed by atoms with E-state index in [1.165, 1.54) is 11.8 Å². The lowest BCUT2D eigenvalue weighted by molar-refractivity contribution is 0.479. The molecule has 0 aromatic heterocycles. The molecule has 0 saturated heterocycles. The SMILES string of the molecule is CCC(CC)C1CN=C(Nc2cc(F)c(F)cc2F)S1. The van der Waals surface area contributed by atoms with E-state index in [0.29, 0.717) is 28.9 Å². The Bertz CT molecular complexity index is 515. The quantitative estimate of drug-likeness (QED) is 0.832. The molecular weight excluding hydrogens is 285 g/mol. The maximum Gasteiger partial charge on any atom is 0.161 e. The molecule has 0 bridgehead atoms. The summed E-state index contributed by atoms with van der Waals surface area (Å²) in [5.41, 5.74) is -0.0830. The van der Waals surface area contributed by atoms with E-state index in [1.807, 2.05) is 0 Å². The van der Waals surface area contributed by atoms with E-state index < -0.39 is 17.5 Å². The number of benzene rings is 1. The van der Waals surface area contributed by atoms with Gasteiger partial charge in [0.25, 0.3) is 0 Å². The van der Waals surface area contributed by atoms with Crippen molar-refractivity contribution in [3.63, 3.8) is 0 Å². The molecule has 0 saturated carbocycles. The number of hydrogen-bond donors (Lipinski definition) is 1. The van der Waals surface area contributed by atoms with Crippen molar-refractivity contribution in [2.24, 2.45) is 10.9 Å². The van der Waals surface area contributed by atoms with Crippen LogP contribution in [0, 0.1) is 23.4 Å². The zero-order valence-corrected chi connectivity index (χ0v) is 12.2. The summed E-state index contributed by atoms with van der Waals surface area (Å²) in [6.07, 6.45) is 2.13. The van der Waals surface area contributed by atoms with Crippen molar-refractivity contribution in [1.29, 1.82) is 0 Å². The van der Waals surface area contributed by atoms with Crippen molar-refractivity contribution in [3.8, 4) is 0 Å². The Morgan fingerprint density at radius 3 is 2.50 bits per heavy atom. The molecule has 1 aromatic carbocycles. The van der Waals surface area contributed by atoms with Crippen LogP contribution in [0.4, 0.5) is 18.9 Å². The predicted molar refractivity (Wildman–Crippen MR) is 77.7 cm³/mol. The number of rotatable bonds is 4. The number of aliphatic imine (C=N–C) groups is 1. The fourth-order valence-corrected chi connectivity index (χ4v) is 3.58. The van der Waals surface area contributed by atoms with Gasteiger partial charge in [0, 0.05) is 17.4 Å². The molecule has 1 heterocycles. The van der Waals surface area contributed by atoms with Gasteiger partial charge < -0.3 is 5.32 Å². The van der Waals surface area contributed by atoms with Gasteiger partial charge in [0.2, 0.25) is 0 Å². The van der Waals surface area contributed by atoms with Crippen LogP contribution in [0.1, 0.15) is 26.7 Å². The molecule has 0 fully saturated rings. The fraction of sp³-hybridized carbons (Fsp3) is 0.500. The summed E-state index contributed by atoms with van der Waals surface area (Å²) in [5.74, 6) is -2.53. The van der Waals surface area contributed by atoms with Gasteiger partial charge in [0.15, 0.2) is 16.8 Å². The number of amidine groups is 1. The smallest absolute Gasteiger partial charge is 0.161 e. The number of hydrogen-bond acceptors (Lipinski definition) is 3. The van der Waals surface area contributed by atoms with Crippen LogP contribution in [0.2, 0.25) is 0 Å². The summed E-state index contributed by atoms with van der Waals surface area (Å²) in [7, 11) is 0. The van der Waals surface area contributed by atoms with Crippen molar-refractivity contribution < 1.29 is 13.2 Å². The highest BCUT2D eigenvalue weighted by molar-refractivity contribution is 8.15. The van der Waals surface area contributed by atoms with Gasteiger partial charge in [-0.25, -0.2) is 13.2 Å². The van der Waals surface area contributed by atoms with E-state index in [1.54, 1.807) is 0 Å². The van der Waals surface area contributed by atoms with Crippen molar-refractivity contribution in [1.82, 2.24) is 0 Å². The summed E-state index contributed by atoms with van der Waals surface area (Å²) >= 11 is 1.54. The Labute approximate surface area is 120 Å². The molecule has 1 aromatic rings. The molecule has 2 nitrogen and oxygen atoms in total. The highest BCUT2D eigenvalue weighted by Crippen LogP contribution is 2.32. The van der Waals surface area contributed by atoms with Crippen LogP contribution in [0.15, 0.2) is 17.1 Å². The maximum atomic E-state index is 13.5. The topological polar surface area (TPSA) is 24.4 Å². The summed E-state index contributed by atoms with van der Waals surface area (Å²) in [6.45, 7) is 4.94. The van der Waals surface area contributed by atoms with E-state index in [0.717, 1.165) is 18.9 Å². The Morgan fingerprint density at radius 1 is 1.20 bits per heavy atom. The van der Waals surface area contributed by atoms with E-state index >= 15 is 0 Å². The normalized spacial score (nSPS) is 18.5. The zero-order chi connectivity index (χ0) is 14.7. The molecule has 1 aliphatic rings. The molecule has 0 aliphatic carbocycles. The van der Waals surface area contributed by atoms with Crippen molar-refractivity contribution in [2.75, 3.05) is 11.9 Å². The molecule has 0 amide bonds. The fourth-order valence-electron chi connectivity index (χ4n) is 2.25. The van der Waals surface area contributed by atoms with Gasteiger partial charge in [-0.15, -0.1) is 0 Å². The maximum absolute atomic E-state index is 13.5. The van der Waals surface area contributed by atoms with Gasteiger partial charge in [-0.1, -0.05) is 38.5 Å². The second-order valence-electron chi connectivity index (χ2n) is 4.75. The first-order chi connectivity index (χ1) is 9.55. The first kappa shape index (κ1) is 15.2. The third-order valence-corrected chi connectivity index (χ3v) is 4.80. The Balaban J connectivity index is 2.04. The summed E-state index contributed by atoms with van der Waals surface area (Å²) < 4.78 is 39.5. The molecule has 1 N–H and O–H groups in total. The van der Waals surface area contributed by atoms with Gasteiger partial charge >= 0.3 is 0 Å². The summed E-state index contributed by atoms with van der Waals surface area (Å²) in [6, 6.07) is 1.36. The number of thioether (sulfide) groups is 1. The average molecular weight is 302 g/mol. The second kappa shape index (κ2) is 6.52. The highest BCUT2D eigenvalue weighted by Gasteiger charge is 2.26. The molecule has 1 unspecified atom stereocenters.